The van der Waals surface area contributed by atoms with Crippen molar-refractivity contribution >= 4 is 14.5 Å². The first kappa shape index (κ1) is 26.8. The first-order valence-corrected chi connectivity index (χ1v) is 16.0. The molecule has 1 fully saturated rings. The maximum Gasteiger partial charge on any atom is 0.454 e. The van der Waals surface area contributed by atoms with E-state index >= 15 is 0 Å². The van der Waals surface area contributed by atoms with E-state index in [0.717, 1.165) is 22.3 Å². The molecular weight excluding hydrogens is 487 g/mol. The van der Waals surface area contributed by atoms with Crippen molar-refractivity contribution in [3.05, 3.63) is 144 Å². The predicted octanol–water partition coefficient (Wildman–Crippen LogP) is 6.65. The van der Waals surface area contributed by atoms with Crippen molar-refractivity contribution in [1.82, 2.24) is 0 Å². The fourth-order valence-electron chi connectivity index (χ4n) is 5.68. The summed E-state index contributed by atoms with van der Waals surface area (Å²) in [5, 5.41) is 12.9. The molecule has 0 bridgehead atoms. The van der Waals surface area contributed by atoms with Crippen LogP contribution in [0.25, 0.3) is 0 Å². The average Bonchev–Trinajstić information content (AvgIpc) is 3.29. The maximum atomic E-state index is 12.9. The fraction of sp³-hybridized carbons (Fsp3) is 0.273. The fourth-order valence-corrected chi connectivity index (χ4v) is 6.83. The lowest BCUT2D eigenvalue weighted by Crippen LogP contribution is -2.56. The van der Waals surface area contributed by atoms with Crippen LogP contribution in [0, 0.1) is 0 Å². The first-order valence-electron chi connectivity index (χ1n) is 13.3. The van der Waals surface area contributed by atoms with Crippen LogP contribution in [0.5, 0.6) is 0 Å². The van der Waals surface area contributed by atoms with Crippen LogP contribution in [-0.4, -0.2) is 37.6 Å². The Morgan fingerprint density at radius 2 is 0.947 bits per heavy atom. The lowest BCUT2D eigenvalue weighted by molar-refractivity contribution is -0.171. The molecule has 38 heavy (non-hydrogen) atoms. The lowest BCUT2D eigenvalue weighted by Gasteiger charge is -2.46. The standard InChI is InChI=1S/C31H29O4.2CH3.Al/c1-29(2)34-27(30(32,23-15-7-3-8-16-23)24-17-9-4-10-18-24)28(35-29)31(33,25-19-11-5-12-20-25)26-21-13-6-14-22-26;;;/h3-22,27-28,32H,1-2H3;2*1H3;/q-1;;;+1/t27-,28-;;;/m1.../s1. The van der Waals surface area contributed by atoms with Crippen molar-refractivity contribution in [3.8, 4) is 0 Å². The topological polar surface area (TPSA) is 47.9 Å². The van der Waals surface area contributed by atoms with Crippen LogP contribution >= 0.6 is 0 Å². The van der Waals surface area contributed by atoms with Gasteiger partial charge in [0.1, 0.15) is 23.4 Å². The van der Waals surface area contributed by atoms with Crippen LogP contribution in [0.4, 0.5) is 0 Å². The molecule has 5 heteroatoms. The van der Waals surface area contributed by atoms with E-state index in [4.69, 9.17) is 13.3 Å². The molecule has 0 spiro atoms. The van der Waals surface area contributed by atoms with Crippen LogP contribution in [0.1, 0.15) is 36.1 Å². The summed E-state index contributed by atoms with van der Waals surface area (Å²) in [5.74, 6) is 3.36. The molecule has 4 nitrogen and oxygen atoms in total. The van der Waals surface area contributed by atoms with E-state index in [1.54, 1.807) is 0 Å². The molecule has 2 atom stereocenters. The van der Waals surface area contributed by atoms with E-state index in [1.165, 1.54) is 0 Å². The summed E-state index contributed by atoms with van der Waals surface area (Å²) in [7, 11) is 0. The number of hydrogen-bond donors (Lipinski definition) is 1. The normalized spacial score (nSPS) is 19.3. The second kappa shape index (κ2) is 10.8. The molecule has 0 aliphatic carbocycles. The molecular formula is C33H35AlO4. The molecule has 4 aromatic carbocycles. The van der Waals surface area contributed by atoms with Gasteiger partial charge in [0.15, 0.2) is 5.79 Å². The van der Waals surface area contributed by atoms with Crippen LogP contribution in [0.3, 0.4) is 0 Å². The third-order valence-corrected chi connectivity index (χ3v) is 8.01. The van der Waals surface area contributed by atoms with Crippen LogP contribution in [0.2, 0.25) is 11.6 Å². The quantitative estimate of drug-likeness (QED) is 0.263. The first-order chi connectivity index (χ1) is 18.3. The van der Waals surface area contributed by atoms with Gasteiger partial charge in [-0.3, -0.25) is 0 Å². The Labute approximate surface area is 230 Å². The van der Waals surface area contributed by atoms with Gasteiger partial charge >= 0.3 is 14.5 Å². The highest BCUT2D eigenvalue weighted by Crippen LogP contribution is 2.52. The van der Waals surface area contributed by atoms with Gasteiger partial charge in [-0.15, -0.1) is 0 Å². The largest absolute Gasteiger partial charge is 0.487 e. The van der Waals surface area contributed by atoms with E-state index in [9.17, 15) is 5.11 Å². The minimum absolute atomic E-state index is 0.678. The second-order valence-corrected chi connectivity index (χ2v) is 12.9. The molecule has 1 saturated heterocycles. The molecule has 194 valence electrons. The number of hydrogen-bond acceptors (Lipinski definition) is 4. The van der Waals surface area contributed by atoms with Crippen molar-refractivity contribution in [3.63, 3.8) is 0 Å². The average molecular weight is 523 g/mol. The van der Waals surface area contributed by atoms with Crippen LogP contribution < -0.4 is 0 Å². The Morgan fingerprint density at radius 1 is 0.605 bits per heavy atom. The Balaban J connectivity index is 1.81. The minimum Gasteiger partial charge on any atom is -0.487 e. The molecule has 0 unspecified atom stereocenters. The maximum absolute atomic E-state index is 12.9. The molecule has 1 N–H and O–H groups in total. The van der Waals surface area contributed by atoms with Gasteiger partial charge < -0.3 is 18.4 Å². The van der Waals surface area contributed by atoms with E-state index < -0.39 is 43.7 Å². The Bertz CT molecular complexity index is 1230. The zero-order valence-electron chi connectivity index (χ0n) is 22.5. The van der Waals surface area contributed by atoms with Gasteiger partial charge in [0.25, 0.3) is 0 Å². The van der Waals surface area contributed by atoms with Crippen molar-refractivity contribution in [2.45, 2.75) is 54.6 Å². The van der Waals surface area contributed by atoms with E-state index in [-0.39, 0.29) is 0 Å². The molecule has 0 aromatic heterocycles. The van der Waals surface area contributed by atoms with Crippen molar-refractivity contribution < 1.29 is 18.4 Å². The summed E-state index contributed by atoms with van der Waals surface area (Å²) in [6.45, 7) is 3.81. The monoisotopic (exact) mass is 522 g/mol. The zero-order chi connectivity index (χ0) is 26.8. The van der Waals surface area contributed by atoms with Crippen molar-refractivity contribution in [1.29, 1.82) is 0 Å². The van der Waals surface area contributed by atoms with Crippen LogP contribution in [-0.2, 0) is 24.5 Å². The number of benzene rings is 4. The SMILES string of the molecule is [CH3][Al]([CH3])[O]C(c1ccccc1)(c1ccccc1)[C@@H]1OC(C)(C)O[C@H]1C(O)(c1ccccc1)c1ccccc1. The third kappa shape index (κ3) is 4.87. The van der Waals surface area contributed by atoms with Gasteiger partial charge in [-0.25, -0.2) is 0 Å². The van der Waals surface area contributed by atoms with Gasteiger partial charge in [-0.1, -0.05) is 133 Å². The second-order valence-electron chi connectivity index (χ2n) is 10.6. The van der Waals surface area contributed by atoms with Crippen molar-refractivity contribution in [2.75, 3.05) is 0 Å². The highest BCUT2D eigenvalue weighted by Gasteiger charge is 2.62. The van der Waals surface area contributed by atoms with Gasteiger partial charge in [0.05, 0.1) is 0 Å². The summed E-state index contributed by atoms with van der Waals surface area (Å²) >= 11 is -1.68. The summed E-state index contributed by atoms with van der Waals surface area (Å²) in [6, 6.07) is 39.9. The number of ether oxygens (including phenoxy) is 2. The Morgan fingerprint density at radius 3 is 1.32 bits per heavy atom. The highest BCUT2D eigenvalue weighted by molar-refractivity contribution is 6.48. The highest BCUT2D eigenvalue weighted by atomic mass is 27.2. The molecule has 4 aromatic rings. The van der Waals surface area contributed by atoms with E-state index in [1.807, 2.05) is 111 Å². The number of rotatable bonds is 8. The van der Waals surface area contributed by atoms with Crippen LogP contribution in [0.15, 0.2) is 121 Å². The molecule has 0 saturated carbocycles. The molecule has 1 heterocycles. The summed E-state index contributed by atoms with van der Waals surface area (Å²) in [4.78, 5) is 0. The molecule has 5 rings (SSSR count). The Hall–Kier alpha value is -2.75. The van der Waals surface area contributed by atoms with Gasteiger partial charge in [0.2, 0.25) is 0 Å². The third-order valence-electron chi connectivity index (χ3n) is 7.16. The minimum atomic E-state index is -1.68. The van der Waals surface area contributed by atoms with Crippen molar-refractivity contribution in [2.24, 2.45) is 0 Å². The van der Waals surface area contributed by atoms with E-state index in [0.29, 0.717) is 0 Å². The smallest absolute Gasteiger partial charge is 0.454 e. The Kier molecular flexibility index (Phi) is 7.62. The lowest BCUT2D eigenvalue weighted by atomic mass is 9.72. The number of aliphatic hydroxyl groups is 1. The molecule has 0 amide bonds. The summed E-state index contributed by atoms with van der Waals surface area (Å²) < 4.78 is 20.7. The summed E-state index contributed by atoms with van der Waals surface area (Å²) in [6.07, 6.45) is -1.47. The zero-order valence-corrected chi connectivity index (χ0v) is 23.6. The van der Waals surface area contributed by atoms with Gasteiger partial charge in [-0.2, -0.15) is 0 Å². The van der Waals surface area contributed by atoms with E-state index in [2.05, 4.69) is 35.8 Å². The molecule has 0 radical (unpaired) electrons. The predicted molar refractivity (Wildman–Crippen MR) is 152 cm³/mol. The van der Waals surface area contributed by atoms with Gasteiger partial charge in [-0.05, 0) is 36.1 Å². The molecule has 1 aliphatic heterocycles. The summed E-state index contributed by atoms with van der Waals surface area (Å²) in [5.41, 5.74) is 0.870. The van der Waals surface area contributed by atoms with Gasteiger partial charge in [0, 0.05) is 0 Å². The molecule has 1 aliphatic rings.